The van der Waals surface area contributed by atoms with E-state index in [0.717, 1.165) is 32.6 Å². The van der Waals surface area contributed by atoms with Crippen LogP contribution in [0.4, 0.5) is 0 Å². The maximum absolute atomic E-state index is 5.99. The van der Waals surface area contributed by atoms with Crippen molar-refractivity contribution in [2.45, 2.75) is 19.9 Å². The molecule has 1 aromatic carbocycles. The van der Waals surface area contributed by atoms with E-state index in [1.54, 1.807) is 11.3 Å². The lowest BCUT2D eigenvalue weighted by atomic mass is 10.1. The average molecular weight is 262 g/mol. The fourth-order valence-electron chi connectivity index (χ4n) is 2.00. The van der Waals surface area contributed by atoms with Crippen LogP contribution in [0.3, 0.4) is 0 Å². The molecule has 0 spiro atoms. The van der Waals surface area contributed by atoms with Crippen LogP contribution in [-0.4, -0.2) is 11.8 Å². The van der Waals surface area contributed by atoms with Gasteiger partial charge >= 0.3 is 0 Å². The molecule has 0 saturated carbocycles. The normalized spacial score (nSPS) is 14.8. The smallest absolute Gasteiger partial charge is 0.231 e. The first-order valence-electron chi connectivity index (χ1n) is 5.78. The molecule has 0 radical (unpaired) electrons. The van der Waals surface area contributed by atoms with Crippen LogP contribution in [0, 0.1) is 6.92 Å². The van der Waals surface area contributed by atoms with Gasteiger partial charge in [-0.3, -0.25) is 0 Å². The summed E-state index contributed by atoms with van der Waals surface area (Å²) in [5.74, 6) is 1.56. The molecule has 2 aromatic rings. The van der Waals surface area contributed by atoms with Crippen molar-refractivity contribution in [3.63, 3.8) is 0 Å². The van der Waals surface area contributed by atoms with E-state index in [-0.39, 0.29) is 12.8 Å². The maximum atomic E-state index is 5.99. The standard InChI is InChI=1S/C13H14N2O2S/c1-7(14)13-12(15-8(2)18-13)9-3-4-10-11(5-9)17-6-16-10/h3-5,7H,6,14H2,1-2H3. The van der Waals surface area contributed by atoms with E-state index in [1.807, 2.05) is 32.0 Å². The first kappa shape index (κ1) is 11.5. The summed E-state index contributed by atoms with van der Waals surface area (Å²) in [6.07, 6.45) is 0. The number of nitrogens with two attached hydrogens (primary N) is 1. The van der Waals surface area contributed by atoms with Crippen LogP contribution in [0.5, 0.6) is 11.5 Å². The third-order valence-electron chi connectivity index (χ3n) is 2.82. The van der Waals surface area contributed by atoms with Crippen molar-refractivity contribution >= 4 is 11.3 Å². The van der Waals surface area contributed by atoms with Crippen LogP contribution in [0.1, 0.15) is 22.9 Å². The van der Waals surface area contributed by atoms with Crippen LogP contribution >= 0.6 is 11.3 Å². The van der Waals surface area contributed by atoms with E-state index in [9.17, 15) is 0 Å². The van der Waals surface area contributed by atoms with E-state index in [0.29, 0.717) is 0 Å². The van der Waals surface area contributed by atoms with E-state index >= 15 is 0 Å². The molecule has 2 heterocycles. The minimum Gasteiger partial charge on any atom is -0.454 e. The van der Waals surface area contributed by atoms with Gasteiger partial charge in [-0.05, 0) is 32.0 Å². The van der Waals surface area contributed by atoms with Gasteiger partial charge in [-0.25, -0.2) is 4.98 Å². The highest BCUT2D eigenvalue weighted by molar-refractivity contribution is 7.12. The number of benzene rings is 1. The molecule has 18 heavy (non-hydrogen) atoms. The van der Waals surface area contributed by atoms with Gasteiger partial charge in [-0.15, -0.1) is 11.3 Å². The molecule has 1 aromatic heterocycles. The van der Waals surface area contributed by atoms with Crippen molar-refractivity contribution in [2.75, 3.05) is 6.79 Å². The summed E-state index contributed by atoms with van der Waals surface area (Å²) >= 11 is 1.64. The zero-order chi connectivity index (χ0) is 12.7. The molecule has 3 rings (SSSR count). The second kappa shape index (κ2) is 4.26. The molecule has 1 aliphatic rings. The number of hydrogen-bond acceptors (Lipinski definition) is 5. The van der Waals surface area contributed by atoms with Crippen molar-refractivity contribution in [3.8, 4) is 22.8 Å². The quantitative estimate of drug-likeness (QED) is 0.904. The Labute approximate surface area is 109 Å². The lowest BCUT2D eigenvalue weighted by Crippen LogP contribution is -2.04. The second-order valence-electron chi connectivity index (χ2n) is 4.30. The Morgan fingerprint density at radius 2 is 2.11 bits per heavy atom. The Morgan fingerprint density at radius 3 is 2.89 bits per heavy atom. The number of thiazole rings is 1. The lowest BCUT2D eigenvalue weighted by Gasteiger charge is -2.06. The zero-order valence-electron chi connectivity index (χ0n) is 10.3. The molecular weight excluding hydrogens is 248 g/mol. The summed E-state index contributed by atoms with van der Waals surface area (Å²) in [6, 6.07) is 5.85. The fourth-order valence-corrected chi connectivity index (χ4v) is 2.90. The van der Waals surface area contributed by atoms with Crippen LogP contribution in [0.25, 0.3) is 11.3 Å². The Bertz CT molecular complexity index is 593. The molecule has 5 heteroatoms. The van der Waals surface area contributed by atoms with Crippen LogP contribution in [0.2, 0.25) is 0 Å². The van der Waals surface area contributed by atoms with Crippen LogP contribution in [0.15, 0.2) is 18.2 Å². The van der Waals surface area contributed by atoms with Gasteiger partial charge in [0.15, 0.2) is 11.5 Å². The molecule has 1 unspecified atom stereocenters. The average Bonchev–Trinajstić information content (AvgIpc) is 2.93. The van der Waals surface area contributed by atoms with Gasteiger partial charge in [0, 0.05) is 16.5 Å². The van der Waals surface area contributed by atoms with Gasteiger partial charge in [0.05, 0.1) is 10.7 Å². The molecule has 0 bridgehead atoms. The Kier molecular flexibility index (Phi) is 2.72. The number of aromatic nitrogens is 1. The number of rotatable bonds is 2. The highest BCUT2D eigenvalue weighted by atomic mass is 32.1. The van der Waals surface area contributed by atoms with Gasteiger partial charge in [0.25, 0.3) is 0 Å². The maximum Gasteiger partial charge on any atom is 0.231 e. The van der Waals surface area contributed by atoms with Gasteiger partial charge in [0.1, 0.15) is 0 Å². The largest absolute Gasteiger partial charge is 0.454 e. The van der Waals surface area contributed by atoms with Crippen molar-refractivity contribution < 1.29 is 9.47 Å². The van der Waals surface area contributed by atoms with Crippen molar-refractivity contribution in [2.24, 2.45) is 5.73 Å². The van der Waals surface area contributed by atoms with Crippen molar-refractivity contribution in [3.05, 3.63) is 28.1 Å². The predicted octanol–water partition coefficient (Wildman–Crippen LogP) is 2.87. The van der Waals surface area contributed by atoms with E-state index in [1.165, 1.54) is 0 Å². The van der Waals surface area contributed by atoms with E-state index < -0.39 is 0 Å². The van der Waals surface area contributed by atoms with Gasteiger partial charge in [-0.2, -0.15) is 0 Å². The minimum absolute atomic E-state index is 0.0170. The SMILES string of the molecule is Cc1nc(-c2ccc3c(c2)OCO3)c(C(C)N)s1. The monoisotopic (exact) mass is 262 g/mol. The Morgan fingerprint density at radius 1 is 1.33 bits per heavy atom. The lowest BCUT2D eigenvalue weighted by molar-refractivity contribution is 0.174. The van der Waals surface area contributed by atoms with E-state index in [2.05, 4.69) is 4.98 Å². The third kappa shape index (κ3) is 1.85. The number of hydrogen-bond donors (Lipinski definition) is 1. The van der Waals surface area contributed by atoms with Gasteiger partial charge in [0.2, 0.25) is 6.79 Å². The van der Waals surface area contributed by atoms with Crippen LogP contribution < -0.4 is 15.2 Å². The highest BCUT2D eigenvalue weighted by Gasteiger charge is 2.18. The zero-order valence-corrected chi connectivity index (χ0v) is 11.1. The summed E-state index contributed by atoms with van der Waals surface area (Å²) in [4.78, 5) is 5.67. The molecule has 0 fully saturated rings. The third-order valence-corrected chi connectivity index (χ3v) is 3.99. The minimum atomic E-state index is -0.0170. The summed E-state index contributed by atoms with van der Waals surface area (Å²) in [6.45, 7) is 4.26. The first-order valence-corrected chi connectivity index (χ1v) is 6.59. The summed E-state index contributed by atoms with van der Waals surface area (Å²) in [5, 5.41) is 1.02. The molecule has 0 amide bonds. The molecule has 0 aliphatic carbocycles. The predicted molar refractivity (Wildman–Crippen MR) is 71.0 cm³/mol. The van der Waals surface area contributed by atoms with Crippen LogP contribution in [-0.2, 0) is 0 Å². The number of fused-ring (bicyclic) bond motifs is 1. The summed E-state index contributed by atoms with van der Waals surface area (Å²) < 4.78 is 10.7. The van der Waals surface area contributed by atoms with Gasteiger partial charge < -0.3 is 15.2 Å². The van der Waals surface area contributed by atoms with Crippen molar-refractivity contribution in [1.82, 2.24) is 4.98 Å². The molecule has 94 valence electrons. The molecular formula is C13H14N2O2S. The second-order valence-corrected chi connectivity index (χ2v) is 5.54. The van der Waals surface area contributed by atoms with Crippen molar-refractivity contribution in [1.29, 1.82) is 0 Å². The topological polar surface area (TPSA) is 57.4 Å². The number of nitrogens with zero attached hydrogens (tertiary/aromatic N) is 1. The number of aryl methyl sites for hydroxylation is 1. The molecule has 4 nitrogen and oxygen atoms in total. The first-order chi connectivity index (χ1) is 8.65. The molecule has 0 saturated heterocycles. The summed E-state index contributed by atoms with van der Waals surface area (Å²) in [7, 11) is 0. The Hall–Kier alpha value is -1.59. The van der Waals surface area contributed by atoms with E-state index in [4.69, 9.17) is 15.2 Å². The molecule has 1 atom stereocenters. The molecule has 2 N–H and O–H groups in total. The highest BCUT2D eigenvalue weighted by Crippen LogP contribution is 2.38. The number of ether oxygens (including phenoxy) is 2. The fraction of sp³-hybridized carbons (Fsp3) is 0.308. The summed E-state index contributed by atoms with van der Waals surface area (Å²) in [5.41, 5.74) is 7.97. The molecule has 1 aliphatic heterocycles. The van der Waals surface area contributed by atoms with Gasteiger partial charge in [-0.1, -0.05) is 0 Å². The Balaban J connectivity index is 2.09.